The van der Waals surface area contributed by atoms with Gasteiger partial charge in [-0.3, -0.25) is 0 Å². The van der Waals surface area contributed by atoms with Crippen LogP contribution in [0.1, 0.15) is 23.1 Å². The predicted octanol–water partition coefficient (Wildman–Crippen LogP) is 4.02. The Kier molecular flexibility index (Phi) is 5.16. The summed E-state index contributed by atoms with van der Waals surface area (Å²) in [7, 11) is 0. The van der Waals surface area contributed by atoms with E-state index in [4.69, 9.17) is 17.3 Å². The number of halogens is 3. The molecule has 0 aromatic heterocycles. The van der Waals surface area contributed by atoms with Gasteiger partial charge in [0.05, 0.1) is 11.1 Å². The minimum absolute atomic E-state index is 0.0335. The Balaban J connectivity index is 2.36. The van der Waals surface area contributed by atoms with Crippen LogP contribution in [0.15, 0.2) is 46.9 Å². The monoisotopic (exact) mass is 357 g/mol. The molecule has 0 spiro atoms. The molecular formula is C15H14BrClFNO. The number of hydrogen-bond donors (Lipinski definition) is 2. The molecule has 0 heterocycles. The van der Waals surface area contributed by atoms with Crippen LogP contribution >= 0.6 is 27.5 Å². The molecule has 0 aliphatic rings. The molecule has 5 heteroatoms. The van der Waals surface area contributed by atoms with Crippen LogP contribution < -0.4 is 5.73 Å². The maximum absolute atomic E-state index is 13.5. The summed E-state index contributed by atoms with van der Waals surface area (Å²) in [5, 5.41) is 10.5. The fourth-order valence-corrected chi connectivity index (χ4v) is 2.83. The first-order valence-electron chi connectivity index (χ1n) is 6.12. The molecule has 2 rings (SSSR count). The second-order valence-corrected chi connectivity index (χ2v) is 5.74. The molecule has 3 N–H and O–H groups in total. The van der Waals surface area contributed by atoms with E-state index in [0.29, 0.717) is 5.56 Å². The second-order valence-electron chi connectivity index (χ2n) is 4.48. The Morgan fingerprint density at radius 1 is 1.25 bits per heavy atom. The van der Waals surface area contributed by atoms with Gasteiger partial charge >= 0.3 is 0 Å². The molecule has 0 radical (unpaired) electrons. The summed E-state index contributed by atoms with van der Waals surface area (Å²) in [5.74, 6) is -0.878. The number of benzene rings is 2. The van der Waals surface area contributed by atoms with Gasteiger partial charge in [0.2, 0.25) is 0 Å². The van der Waals surface area contributed by atoms with Crippen molar-refractivity contribution >= 4 is 27.5 Å². The summed E-state index contributed by atoms with van der Waals surface area (Å²) >= 11 is 9.09. The average molecular weight is 359 g/mol. The summed E-state index contributed by atoms with van der Waals surface area (Å²) < 4.78 is 14.4. The van der Waals surface area contributed by atoms with Gasteiger partial charge in [-0.15, -0.1) is 0 Å². The standard InChI is InChI=1S/C15H14BrClFNO/c16-12-4-2-1-3-10(12)11(8-19)15(20)9-5-6-13(17)14(18)7-9/h1-7,11,15,20H,8,19H2. The van der Waals surface area contributed by atoms with E-state index in [-0.39, 0.29) is 17.5 Å². The molecule has 2 unspecified atom stereocenters. The lowest BCUT2D eigenvalue weighted by molar-refractivity contribution is 0.147. The summed E-state index contributed by atoms with van der Waals surface area (Å²) in [6.07, 6.45) is -0.898. The first-order chi connectivity index (χ1) is 9.54. The van der Waals surface area contributed by atoms with Crippen molar-refractivity contribution in [2.75, 3.05) is 6.54 Å². The number of hydrogen-bond acceptors (Lipinski definition) is 2. The fraction of sp³-hybridized carbons (Fsp3) is 0.200. The van der Waals surface area contributed by atoms with Crippen molar-refractivity contribution in [2.45, 2.75) is 12.0 Å². The minimum atomic E-state index is -0.898. The third kappa shape index (κ3) is 3.20. The summed E-state index contributed by atoms with van der Waals surface area (Å²) in [4.78, 5) is 0. The zero-order valence-electron chi connectivity index (χ0n) is 10.6. The van der Waals surface area contributed by atoms with E-state index in [2.05, 4.69) is 15.9 Å². The molecular weight excluding hydrogens is 345 g/mol. The van der Waals surface area contributed by atoms with E-state index in [1.165, 1.54) is 12.1 Å². The number of aliphatic hydroxyl groups is 1. The van der Waals surface area contributed by atoms with E-state index in [9.17, 15) is 9.50 Å². The molecule has 2 nitrogen and oxygen atoms in total. The molecule has 0 amide bonds. The quantitative estimate of drug-likeness (QED) is 0.867. The van der Waals surface area contributed by atoms with Crippen molar-refractivity contribution in [1.29, 1.82) is 0 Å². The Hall–Kier alpha value is -0.940. The molecule has 2 aromatic carbocycles. The molecule has 0 aliphatic carbocycles. The molecule has 2 atom stereocenters. The highest BCUT2D eigenvalue weighted by molar-refractivity contribution is 9.10. The molecule has 0 saturated carbocycles. The fourth-order valence-electron chi connectivity index (χ4n) is 2.13. The lowest BCUT2D eigenvalue weighted by Crippen LogP contribution is -2.20. The summed E-state index contributed by atoms with van der Waals surface area (Å²) in [6.45, 7) is 0.244. The van der Waals surface area contributed by atoms with Gasteiger partial charge < -0.3 is 10.8 Å². The van der Waals surface area contributed by atoms with Gasteiger partial charge in [0.25, 0.3) is 0 Å². The molecule has 106 valence electrons. The number of rotatable bonds is 4. The van der Waals surface area contributed by atoms with E-state index in [1.807, 2.05) is 24.3 Å². The topological polar surface area (TPSA) is 46.2 Å². The van der Waals surface area contributed by atoms with Crippen molar-refractivity contribution in [3.8, 4) is 0 Å². The zero-order chi connectivity index (χ0) is 14.7. The molecule has 0 bridgehead atoms. The lowest BCUT2D eigenvalue weighted by atomic mass is 9.89. The Bertz CT molecular complexity index is 608. The highest BCUT2D eigenvalue weighted by Crippen LogP contribution is 2.35. The van der Waals surface area contributed by atoms with Crippen LogP contribution in [0.4, 0.5) is 4.39 Å². The third-order valence-electron chi connectivity index (χ3n) is 3.22. The highest BCUT2D eigenvalue weighted by atomic mass is 79.9. The van der Waals surface area contributed by atoms with Crippen LogP contribution in [0.5, 0.6) is 0 Å². The molecule has 20 heavy (non-hydrogen) atoms. The van der Waals surface area contributed by atoms with Crippen LogP contribution in [-0.2, 0) is 0 Å². The van der Waals surface area contributed by atoms with E-state index >= 15 is 0 Å². The third-order valence-corrected chi connectivity index (χ3v) is 4.25. The Morgan fingerprint density at radius 2 is 1.95 bits per heavy atom. The Morgan fingerprint density at radius 3 is 2.55 bits per heavy atom. The SMILES string of the molecule is NCC(c1ccccc1Br)C(O)c1ccc(Cl)c(F)c1. The van der Waals surface area contributed by atoms with Gasteiger partial charge in [-0.2, -0.15) is 0 Å². The first-order valence-corrected chi connectivity index (χ1v) is 7.29. The number of nitrogens with two attached hydrogens (primary N) is 1. The van der Waals surface area contributed by atoms with Crippen molar-refractivity contribution in [3.05, 3.63) is 68.9 Å². The number of aliphatic hydroxyl groups excluding tert-OH is 1. The van der Waals surface area contributed by atoms with E-state index in [0.717, 1.165) is 10.0 Å². The first kappa shape index (κ1) is 15.4. The molecule has 2 aromatic rings. The van der Waals surface area contributed by atoms with Crippen LogP contribution in [0.2, 0.25) is 5.02 Å². The summed E-state index contributed by atoms with van der Waals surface area (Å²) in [6, 6.07) is 11.8. The maximum atomic E-state index is 13.5. The van der Waals surface area contributed by atoms with E-state index in [1.54, 1.807) is 6.07 Å². The van der Waals surface area contributed by atoms with Gasteiger partial charge in [0.15, 0.2) is 0 Å². The van der Waals surface area contributed by atoms with Crippen LogP contribution in [-0.4, -0.2) is 11.7 Å². The molecule has 0 saturated heterocycles. The zero-order valence-corrected chi connectivity index (χ0v) is 12.9. The minimum Gasteiger partial charge on any atom is -0.388 e. The van der Waals surface area contributed by atoms with Crippen molar-refractivity contribution in [3.63, 3.8) is 0 Å². The van der Waals surface area contributed by atoms with Gasteiger partial charge in [-0.25, -0.2) is 4.39 Å². The maximum Gasteiger partial charge on any atom is 0.142 e. The smallest absolute Gasteiger partial charge is 0.142 e. The van der Waals surface area contributed by atoms with Crippen molar-refractivity contribution in [1.82, 2.24) is 0 Å². The van der Waals surface area contributed by atoms with Gasteiger partial charge in [0.1, 0.15) is 5.82 Å². The van der Waals surface area contributed by atoms with Crippen LogP contribution in [0, 0.1) is 5.82 Å². The second kappa shape index (κ2) is 6.68. The predicted molar refractivity (Wildman–Crippen MR) is 82.3 cm³/mol. The van der Waals surface area contributed by atoms with Crippen LogP contribution in [0.25, 0.3) is 0 Å². The summed E-state index contributed by atoms with van der Waals surface area (Å²) in [5.41, 5.74) is 7.12. The lowest BCUT2D eigenvalue weighted by Gasteiger charge is -2.23. The molecule has 0 aliphatic heterocycles. The normalized spacial score (nSPS) is 14.1. The van der Waals surface area contributed by atoms with E-state index < -0.39 is 11.9 Å². The van der Waals surface area contributed by atoms with Gasteiger partial charge in [-0.05, 0) is 29.3 Å². The average Bonchev–Trinajstić information content (AvgIpc) is 2.44. The van der Waals surface area contributed by atoms with Crippen molar-refractivity contribution in [2.24, 2.45) is 5.73 Å². The molecule has 0 fully saturated rings. The van der Waals surface area contributed by atoms with Crippen molar-refractivity contribution < 1.29 is 9.50 Å². The van der Waals surface area contributed by atoms with Gasteiger partial charge in [0, 0.05) is 16.9 Å². The van der Waals surface area contributed by atoms with Crippen LogP contribution in [0.3, 0.4) is 0 Å². The largest absolute Gasteiger partial charge is 0.388 e. The Labute approximate surface area is 130 Å². The highest BCUT2D eigenvalue weighted by Gasteiger charge is 2.23. The van der Waals surface area contributed by atoms with Gasteiger partial charge in [-0.1, -0.05) is 51.8 Å².